The molecule has 24 heavy (non-hydrogen) atoms. The SMILES string of the molecule is COC(C)(C)C(=O)Nc1ccc(OCCN2CCCCCC2)cc1. The topological polar surface area (TPSA) is 50.8 Å². The van der Waals surface area contributed by atoms with Crippen LogP contribution in [0.4, 0.5) is 5.69 Å². The van der Waals surface area contributed by atoms with Gasteiger partial charge in [-0.15, -0.1) is 0 Å². The Hall–Kier alpha value is -1.59. The molecule has 134 valence electrons. The fraction of sp³-hybridized carbons (Fsp3) is 0.632. The number of hydrogen-bond donors (Lipinski definition) is 1. The van der Waals surface area contributed by atoms with E-state index in [1.807, 2.05) is 24.3 Å². The van der Waals surface area contributed by atoms with Gasteiger partial charge in [-0.2, -0.15) is 0 Å². The van der Waals surface area contributed by atoms with Crippen LogP contribution in [0, 0.1) is 0 Å². The predicted molar refractivity (Wildman–Crippen MR) is 96.6 cm³/mol. The number of rotatable bonds is 7. The minimum absolute atomic E-state index is 0.167. The summed E-state index contributed by atoms with van der Waals surface area (Å²) in [5.41, 5.74) is -0.104. The monoisotopic (exact) mass is 334 g/mol. The van der Waals surface area contributed by atoms with Crippen molar-refractivity contribution in [2.45, 2.75) is 45.1 Å². The summed E-state index contributed by atoms with van der Waals surface area (Å²) in [7, 11) is 1.53. The van der Waals surface area contributed by atoms with Crippen LogP contribution >= 0.6 is 0 Å². The first-order chi connectivity index (χ1) is 11.5. The standard InChI is InChI=1S/C19H30N2O3/c1-19(2,23-3)18(22)20-16-8-10-17(11-9-16)24-15-14-21-12-6-4-5-7-13-21/h8-11H,4-7,12-15H2,1-3H3,(H,20,22). The number of nitrogens with zero attached hydrogens (tertiary/aromatic N) is 1. The van der Waals surface area contributed by atoms with E-state index < -0.39 is 5.60 Å². The van der Waals surface area contributed by atoms with Crippen LogP contribution in [0.5, 0.6) is 5.75 Å². The molecule has 1 aromatic carbocycles. The van der Waals surface area contributed by atoms with E-state index in [9.17, 15) is 4.79 Å². The number of likely N-dealkylation sites (tertiary alicyclic amines) is 1. The van der Waals surface area contributed by atoms with Crippen LogP contribution in [-0.2, 0) is 9.53 Å². The van der Waals surface area contributed by atoms with E-state index >= 15 is 0 Å². The van der Waals surface area contributed by atoms with Gasteiger partial charge in [0.2, 0.25) is 0 Å². The second-order valence-electron chi connectivity index (χ2n) is 6.80. The number of carbonyl (C=O) groups is 1. The lowest BCUT2D eigenvalue weighted by Gasteiger charge is -2.22. The molecular formula is C19H30N2O3. The van der Waals surface area contributed by atoms with Gasteiger partial charge in [-0.25, -0.2) is 0 Å². The zero-order valence-electron chi connectivity index (χ0n) is 15.1. The molecule has 0 atom stereocenters. The molecule has 0 unspecified atom stereocenters. The third kappa shape index (κ3) is 5.80. The highest BCUT2D eigenvalue weighted by molar-refractivity contribution is 5.96. The van der Waals surface area contributed by atoms with Crippen molar-refractivity contribution in [2.24, 2.45) is 0 Å². The lowest BCUT2D eigenvalue weighted by molar-refractivity contribution is -0.133. The van der Waals surface area contributed by atoms with Gasteiger partial charge in [0.05, 0.1) is 0 Å². The summed E-state index contributed by atoms with van der Waals surface area (Å²) in [6, 6.07) is 7.48. The maximum absolute atomic E-state index is 12.1. The van der Waals surface area contributed by atoms with E-state index in [1.165, 1.54) is 45.9 Å². The summed E-state index contributed by atoms with van der Waals surface area (Å²) in [6.07, 6.45) is 5.30. The predicted octanol–water partition coefficient (Wildman–Crippen LogP) is 3.30. The summed E-state index contributed by atoms with van der Waals surface area (Å²) < 4.78 is 11.0. The maximum Gasteiger partial charge on any atom is 0.256 e. The largest absolute Gasteiger partial charge is 0.492 e. The molecule has 5 heteroatoms. The van der Waals surface area contributed by atoms with Crippen molar-refractivity contribution < 1.29 is 14.3 Å². The number of carbonyl (C=O) groups excluding carboxylic acids is 1. The number of anilines is 1. The Morgan fingerprint density at radius 2 is 1.75 bits per heavy atom. The molecule has 1 fully saturated rings. The molecule has 1 saturated heterocycles. The number of hydrogen-bond acceptors (Lipinski definition) is 4. The Kier molecular flexibility index (Phi) is 7.06. The van der Waals surface area contributed by atoms with Crippen LogP contribution < -0.4 is 10.1 Å². The van der Waals surface area contributed by atoms with Crippen molar-refractivity contribution in [3.8, 4) is 5.75 Å². The van der Waals surface area contributed by atoms with Gasteiger partial charge in [0.1, 0.15) is 18.0 Å². The summed E-state index contributed by atoms with van der Waals surface area (Å²) in [5.74, 6) is 0.661. The third-order valence-electron chi connectivity index (χ3n) is 4.54. The van der Waals surface area contributed by atoms with Gasteiger partial charge in [-0.1, -0.05) is 12.8 Å². The molecule has 1 amide bonds. The number of benzene rings is 1. The Balaban J connectivity index is 1.76. The van der Waals surface area contributed by atoms with E-state index in [0.717, 1.165) is 18.0 Å². The number of methoxy groups -OCH3 is 1. The molecule has 2 rings (SSSR count). The van der Waals surface area contributed by atoms with E-state index in [0.29, 0.717) is 6.61 Å². The Labute approximate surface area is 145 Å². The molecule has 0 aliphatic carbocycles. The zero-order chi connectivity index (χ0) is 17.4. The molecule has 0 radical (unpaired) electrons. The highest BCUT2D eigenvalue weighted by atomic mass is 16.5. The van der Waals surface area contributed by atoms with Crippen LogP contribution in [0.1, 0.15) is 39.5 Å². The van der Waals surface area contributed by atoms with E-state index in [2.05, 4.69) is 10.2 Å². The Morgan fingerprint density at radius 3 is 2.33 bits per heavy atom. The Morgan fingerprint density at radius 1 is 1.12 bits per heavy atom. The van der Waals surface area contributed by atoms with E-state index in [4.69, 9.17) is 9.47 Å². The molecule has 0 bridgehead atoms. The summed E-state index contributed by atoms with van der Waals surface area (Å²) >= 11 is 0. The summed E-state index contributed by atoms with van der Waals surface area (Å²) in [6.45, 7) is 7.52. The lowest BCUT2D eigenvalue weighted by Crippen LogP contribution is -2.38. The molecule has 5 nitrogen and oxygen atoms in total. The van der Waals surface area contributed by atoms with Gasteiger partial charge < -0.3 is 14.8 Å². The Bertz CT molecular complexity index is 506. The first-order valence-electron chi connectivity index (χ1n) is 8.83. The maximum atomic E-state index is 12.1. The molecule has 1 N–H and O–H groups in total. The van der Waals surface area contributed by atoms with Crippen LogP contribution in [-0.4, -0.2) is 49.8 Å². The van der Waals surface area contributed by atoms with E-state index in [-0.39, 0.29) is 5.91 Å². The minimum Gasteiger partial charge on any atom is -0.492 e. The van der Waals surface area contributed by atoms with Crippen LogP contribution in [0.3, 0.4) is 0 Å². The highest BCUT2D eigenvalue weighted by Crippen LogP contribution is 2.18. The van der Waals surface area contributed by atoms with Gasteiger partial charge in [-0.3, -0.25) is 9.69 Å². The normalized spacial score (nSPS) is 16.5. The number of nitrogens with one attached hydrogen (secondary N) is 1. The molecule has 0 saturated carbocycles. The second-order valence-corrected chi connectivity index (χ2v) is 6.80. The second kappa shape index (κ2) is 9.04. The molecule has 1 aliphatic rings. The first-order valence-corrected chi connectivity index (χ1v) is 8.83. The molecule has 1 heterocycles. The van der Waals surface area contributed by atoms with Crippen molar-refractivity contribution in [3.63, 3.8) is 0 Å². The summed E-state index contributed by atoms with van der Waals surface area (Å²) in [4.78, 5) is 14.5. The average molecular weight is 334 g/mol. The summed E-state index contributed by atoms with van der Waals surface area (Å²) in [5, 5.41) is 2.85. The van der Waals surface area contributed by atoms with Gasteiger partial charge in [-0.05, 0) is 64.0 Å². The minimum atomic E-state index is -0.845. The quantitative estimate of drug-likeness (QED) is 0.831. The lowest BCUT2D eigenvalue weighted by atomic mass is 10.1. The molecule has 0 spiro atoms. The van der Waals surface area contributed by atoms with Gasteiger partial charge in [0.25, 0.3) is 5.91 Å². The smallest absolute Gasteiger partial charge is 0.256 e. The highest BCUT2D eigenvalue weighted by Gasteiger charge is 2.26. The average Bonchev–Trinajstić information content (AvgIpc) is 2.85. The molecule has 1 aromatic rings. The van der Waals surface area contributed by atoms with Crippen LogP contribution in [0.25, 0.3) is 0 Å². The van der Waals surface area contributed by atoms with Crippen molar-refractivity contribution in [1.82, 2.24) is 4.90 Å². The molecule has 0 aromatic heterocycles. The molecular weight excluding hydrogens is 304 g/mol. The number of amides is 1. The van der Waals surface area contributed by atoms with Gasteiger partial charge in [0.15, 0.2) is 0 Å². The fourth-order valence-electron chi connectivity index (χ4n) is 2.66. The van der Waals surface area contributed by atoms with Crippen LogP contribution in [0.2, 0.25) is 0 Å². The fourth-order valence-corrected chi connectivity index (χ4v) is 2.66. The van der Waals surface area contributed by atoms with Crippen molar-refractivity contribution in [1.29, 1.82) is 0 Å². The zero-order valence-corrected chi connectivity index (χ0v) is 15.1. The number of ether oxygens (including phenoxy) is 2. The van der Waals surface area contributed by atoms with E-state index in [1.54, 1.807) is 13.8 Å². The van der Waals surface area contributed by atoms with Crippen LogP contribution in [0.15, 0.2) is 24.3 Å². The van der Waals surface area contributed by atoms with Crippen molar-refractivity contribution >= 4 is 11.6 Å². The van der Waals surface area contributed by atoms with Gasteiger partial charge in [0, 0.05) is 19.3 Å². The van der Waals surface area contributed by atoms with Crippen molar-refractivity contribution in [2.75, 3.05) is 38.7 Å². The van der Waals surface area contributed by atoms with Crippen molar-refractivity contribution in [3.05, 3.63) is 24.3 Å². The van der Waals surface area contributed by atoms with Gasteiger partial charge >= 0.3 is 0 Å². The third-order valence-corrected chi connectivity index (χ3v) is 4.54. The first kappa shape index (κ1) is 18.7. The molecule has 1 aliphatic heterocycles.